The fourth-order valence-electron chi connectivity index (χ4n) is 2.21. The van der Waals surface area contributed by atoms with E-state index in [2.05, 4.69) is 5.32 Å². The zero-order valence-corrected chi connectivity index (χ0v) is 14.2. The fourth-order valence-corrected chi connectivity index (χ4v) is 3.34. The summed E-state index contributed by atoms with van der Waals surface area (Å²) in [4.78, 5) is 13.2. The zero-order valence-electron chi connectivity index (χ0n) is 12.6. The maximum atomic E-state index is 11.5. The molecular formula is C14H19N3O3S2. The van der Waals surface area contributed by atoms with E-state index in [1.165, 1.54) is 17.5 Å². The van der Waals surface area contributed by atoms with Gasteiger partial charge in [0.1, 0.15) is 0 Å². The van der Waals surface area contributed by atoms with Crippen molar-refractivity contribution in [3.63, 3.8) is 0 Å². The highest BCUT2D eigenvalue weighted by Gasteiger charge is 2.24. The van der Waals surface area contributed by atoms with E-state index in [0.717, 1.165) is 5.69 Å². The first-order valence-electron chi connectivity index (χ1n) is 6.89. The van der Waals surface area contributed by atoms with Crippen molar-refractivity contribution >= 4 is 38.8 Å². The third-order valence-corrected chi connectivity index (χ3v) is 5.20. The fraction of sp³-hybridized carbons (Fsp3) is 0.429. The molecule has 0 radical (unpaired) electrons. The molecule has 22 heavy (non-hydrogen) atoms. The molecule has 120 valence electrons. The molecule has 1 N–H and O–H groups in total. The van der Waals surface area contributed by atoms with Gasteiger partial charge in [-0.15, -0.1) is 0 Å². The molecule has 0 unspecified atom stereocenters. The Kier molecular flexibility index (Phi) is 5.15. The first-order chi connectivity index (χ1) is 10.3. The number of nitrogens with zero attached hydrogens (tertiary/aromatic N) is 2. The quantitative estimate of drug-likeness (QED) is 0.657. The summed E-state index contributed by atoms with van der Waals surface area (Å²) in [5.41, 5.74) is 1.46. The predicted octanol–water partition coefficient (Wildman–Crippen LogP) is 1.16. The van der Waals surface area contributed by atoms with Gasteiger partial charge in [0.25, 0.3) is 0 Å². The van der Waals surface area contributed by atoms with E-state index >= 15 is 0 Å². The number of hydrogen-bond acceptors (Lipinski definition) is 4. The van der Waals surface area contributed by atoms with Crippen LogP contribution in [-0.4, -0.2) is 61.0 Å². The summed E-state index contributed by atoms with van der Waals surface area (Å²) in [6, 6.07) is 7.09. The molecule has 1 heterocycles. The summed E-state index contributed by atoms with van der Waals surface area (Å²) in [5.74, 6) is 0.0195. The maximum Gasteiger partial charge on any atom is 0.211 e. The van der Waals surface area contributed by atoms with E-state index in [0.29, 0.717) is 36.9 Å². The number of hydrogen-bond donors (Lipinski definition) is 1. The molecule has 1 fully saturated rings. The number of Topliss-reactive ketones (excluding diaryl/α,β-unsaturated/α-hetero) is 1. The Hall–Kier alpha value is -1.51. The van der Waals surface area contributed by atoms with Gasteiger partial charge in [-0.2, -0.15) is 4.31 Å². The lowest BCUT2D eigenvalue weighted by atomic mass is 10.1. The van der Waals surface area contributed by atoms with Crippen LogP contribution in [-0.2, 0) is 10.0 Å². The summed E-state index contributed by atoms with van der Waals surface area (Å²) in [6.45, 7) is 3.51. The summed E-state index contributed by atoms with van der Waals surface area (Å²) >= 11 is 5.35. The third-order valence-electron chi connectivity index (χ3n) is 3.54. The van der Waals surface area contributed by atoms with Crippen LogP contribution < -0.4 is 5.32 Å². The highest BCUT2D eigenvalue weighted by molar-refractivity contribution is 7.88. The minimum atomic E-state index is -3.14. The van der Waals surface area contributed by atoms with Crippen LogP contribution in [0.4, 0.5) is 5.69 Å². The molecule has 1 aromatic rings. The topological polar surface area (TPSA) is 69.7 Å². The van der Waals surface area contributed by atoms with Crippen LogP contribution in [0.3, 0.4) is 0 Å². The molecule has 0 bridgehead atoms. The Bertz CT molecular complexity index is 663. The number of anilines is 1. The minimum Gasteiger partial charge on any atom is -0.346 e. The molecule has 0 aliphatic carbocycles. The number of benzene rings is 1. The van der Waals surface area contributed by atoms with Gasteiger partial charge in [-0.3, -0.25) is 4.79 Å². The van der Waals surface area contributed by atoms with Crippen LogP contribution in [0.25, 0.3) is 0 Å². The van der Waals surface area contributed by atoms with Gasteiger partial charge in [-0.25, -0.2) is 8.42 Å². The van der Waals surface area contributed by atoms with Gasteiger partial charge in [-0.1, -0.05) is 0 Å². The monoisotopic (exact) mass is 341 g/mol. The number of carbonyl (C=O) groups excluding carboxylic acids is 1. The molecule has 0 atom stereocenters. The maximum absolute atomic E-state index is 11.5. The number of thiocarbonyl (C=S) groups is 1. The van der Waals surface area contributed by atoms with Gasteiger partial charge >= 0.3 is 0 Å². The normalized spacial score (nSPS) is 16.4. The Morgan fingerprint density at radius 1 is 1.14 bits per heavy atom. The largest absolute Gasteiger partial charge is 0.346 e. The van der Waals surface area contributed by atoms with E-state index in [1.54, 1.807) is 24.3 Å². The van der Waals surface area contributed by atoms with Crippen LogP contribution >= 0.6 is 12.2 Å². The number of ketones is 1. The SMILES string of the molecule is CC(=O)c1ccc(NC(=S)N2CCN(S(C)(=O)=O)CC2)cc1. The number of nitrogens with one attached hydrogen (secondary N) is 1. The molecule has 0 aromatic heterocycles. The van der Waals surface area contributed by atoms with Crippen molar-refractivity contribution in [2.45, 2.75) is 6.92 Å². The minimum absolute atomic E-state index is 0.0195. The molecule has 8 heteroatoms. The number of carbonyl (C=O) groups is 1. The second-order valence-corrected chi connectivity index (χ2v) is 7.58. The van der Waals surface area contributed by atoms with Crippen molar-refractivity contribution < 1.29 is 13.2 Å². The smallest absolute Gasteiger partial charge is 0.211 e. The lowest BCUT2D eigenvalue weighted by molar-refractivity contribution is 0.101. The van der Waals surface area contributed by atoms with Gasteiger partial charge in [-0.05, 0) is 43.4 Å². The summed E-state index contributed by atoms with van der Waals surface area (Å²) in [5, 5.41) is 3.67. The van der Waals surface area contributed by atoms with E-state index < -0.39 is 10.0 Å². The standard InChI is InChI=1S/C14H19N3O3S2/c1-11(18)12-3-5-13(6-4-12)15-14(21)16-7-9-17(10-8-16)22(2,19)20/h3-6H,7-10H2,1-2H3,(H,15,21). The zero-order chi connectivity index (χ0) is 16.3. The molecule has 0 saturated carbocycles. The van der Waals surface area contributed by atoms with E-state index in [-0.39, 0.29) is 5.78 Å². The van der Waals surface area contributed by atoms with Gasteiger partial charge < -0.3 is 10.2 Å². The first-order valence-corrected chi connectivity index (χ1v) is 9.15. The molecule has 1 saturated heterocycles. The van der Waals surface area contributed by atoms with Crippen LogP contribution in [0.1, 0.15) is 17.3 Å². The van der Waals surface area contributed by atoms with Crippen molar-refractivity contribution in [3.8, 4) is 0 Å². The summed E-state index contributed by atoms with van der Waals surface area (Å²) in [7, 11) is -3.14. The molecule has 0 spiro atoms. The molecular weight excluding hydrogens is 322 g/mol. The highest BCUT2D eigenvalue weighted by atomic mass is 32.2. The number of sulfonamides is 1. The van der Waals surface area contributed by atoms with E-state index in [9.17, 15) is 13.2 Å². The van der Waals surface area contributed by atoms with E-state index in [4.69, 9.17) is 12.2 Å². The Balaban J connectivity index is 1.92. The number of rotatable bonds is 3. The Labute approximate surface area is 136 Å². The van der Waals surface area contributed by atoms with Crippen molar-refractivity contribution in [1.82, 2.24) is 9.21 Å². The lowest BCUT2D eigenvalue weighted by Crippen LogP contribution is -2.51. The lowest BCUT2D eigenvalue weighted by Gasteiger charge is -2.34. The van der Waals surface area contributed by atoms with Crippen LogP contribution in [0.5, 0.6) is 0 Å². The van der Waals surface area contributed by atoms with Gasteiger partial charge in [0, 0.05) is 37.4 Å². The van der Waals surface area contributed by atoms with Gasteiger partial charge in [0.2, 0.25) is 10.0 Å². The second kappa shape index (κ2) is 6.72. The molecule has 1 aliphatic heterocycles. The molecule has 6 nitrogen and oxygen atoms in total. The van der Waals surface area contributed by atoms with Crippen LogP contribution in [0, 0.1) is 0 Å². The average Bonchev–Trinajstić information content (AvgIpc) is 2.47. The van der Waals surface area contributed by atoms with Crippen LogP contribution in [0.2, 0.25) is 0 Å². The average molecular weight is 341 g/mol. The predicted molar refractivity (Wildman–Crippen MR) is 90.7 cm³/mol. The molecule has 1 aromatic carbocycles. The van der Waals surface area contributed by atoms with Crippen molar-refractivity contribution in [1.29, 1.82) is 0 Å². The molecule has 2 rings (SSSR count). The molecule has 0 amide bonds. The van der Waals surface area contributed by atoms with Gasteiger partial charge in [0.15, 0.2) is 10.9 Å². The van der Waals surface area contributed by atoms with Gasteiger partial charge in [0.05, 0.1) is 6.26 Å². The summed E-state index contributed by atoms with van der Waals surface area (Å²) in [6.07, 6.45) is 1.22. The Morgan fingerprint density at radius 2 is 1.68 bits per heavy atom. The van der Waals surface area contributed by atoms with E-state index in [1.807, 2.05) is 4.90 Å². The third kappa shape index (κ3) is 4.25. The first kappa shape index (κ1) is 16.9. The van der Waals surface area contributed by atoms with Crippen molar-refractivity contribution in [2.24, 2.45) is 0 Å². The second-order valence-electron chi connectivity index (χ2n) is 5.21. The number of piperazine rings is 1. The highest BCUT2D eigenvalue weighted by Crippen LogP contribution is 2.13. The van der Waals surface area contributed by atoms with Crippen molar-refractivity contribution in [3.05, 3.63) is 29.8 Å². The van der Waals surface area contributed by atoms with Crippen LogP contribution in [0.15, 0.2) is 24.3 Å². The Morgan fingerprint density at radius 3 is 2.14 bits per heavy atom. The summed E-state index contributed by atoms with van der Waals surface area (Å²) < 4.78 is 24.4. The molecule has 1 aliphatic rings. The van der Waals surface area contributed by atoms with Crippen molar-refractivity contribution in [2.75, 3.05) is 37.8 Å².